The first-order valence-electron chi connectivity index (χ1n) is 12.6. The highest BCUT2D eigenvalue weighted by molar-refractivity contribution is 5.61. The number of hydrogen-bond donors (Lipinski definition) is 1. The Balaban J connectivity index is 1.11. The quantitative estimate of drug-likeness (QED) is 0.231. The minimum Gasteiger partial charge on any atom is -0.508 e. The second-order valence-electron chi connectivity index (χ2n) is 8.99. The van der Waals surface area contributed by atoms with Crippen LogP contribution in [0, 0.1) is 0 Å². The SMILES string of the molecule is Oc1cccc(Oc2ccc(-[n+]3ccc(-c4cc[n+](-c5ccc(Oc6ccccc6)cc5)cc4)cc3)cc2)c1. The van der Waals surface area contributed by atoms with E-state index in [1.807, 2.05) is 97.3 Å². The maximum absolute atomic E-state index is 9.62. The summed E-state index contributed by atoms with van der Waals surface area (Å²) in [5.41, 5.74) is 4.35. The van der Waals surface area contributed by atoms with Crippen molar-refractivity contribution in [2.75, 3.05) is 0 Å². The Kier molecular flexibility index (Phi) is 6.70. The third-order valence-corrected chi connectivity index (χ3v) is 6.29. The molecule has 0 saturated heterocycles. The van der Waals surface area contributed by atoms with Crippen LogP contribution in [-0.4, -0.2) is 5.11 Å². The number of aromatic hydroxyl groups is 1. The molecule has 0 amide bonds. The van der Waals surface area contributed by atoms with Gasteiger partial charge in [0.05, 0.1) is 0 Å². The maximum Gasteiger partial charge on any atom is 0.210 e. The molecule has 5 nitrogen and oxygen atoms in total. The first-order valence-corrected chi connectivity index (χ1v) is 12.6. The second-order valence-corrected chi connectivity index (χ2v) is 8.99. The summed E-state index contributed by atoms with van der Waals surface area (Å²) in [4.78, 5) is 0. The highest BCUT2D eigenvalue weighted by Crippen LogP contribution is 2.25. The van der Waals surface area contributed by atoms with Crippen molar-refractivity contribution >= 4 is 0 Å². The summed E-state index contributed by atoms with van der Waals surface area (Å²) < 4.78 is 15.9. The highest BCUT2D eigenvalue weighted by Gasteiger charge is 2.11. The van der Waals surface area contributed by atoms with Crippen molar-refractivity contribution in [3.05, 3.63) is 152 Å². The van der Waals surface area contributed by atoms with Crippen LogP contribution in [0.25, 0.3) is 22.5 Å². The number of benzene rings is 4. The fourth-order valence-electron chi connectivity index (χ4n) is 4.26. The van der Waals surface area contributed by atoms with Gasteiger partial charge in [-0.05, 0) is 59.7 Å². The van der Waals surface area contributed by atoms with Crippen molar-refractivity contribution in [3.63, 3.8) is 0 Å². The van der Waals surface area contributed by atoms with E-state index in [4.69, 9.17) is 9.47 Å². The average Bonchev–Trinajstić information content (AvgIpc) is 2.99. The van der Waals surface area contributed by atoms with E-state index >= 15 is 0 Å². The predicted octanol–water partition coefficient (Wildman–Crippen LogP) is 7.20. The van der Waals surface area contributed by atoms with Gasteiger partial charge in [-0.1, -0.05) is 24.3 Å². The van der Waals surface area contributed by atoms with Crippen LogP contribution in [0.2, 0.25) is 0 Å². The summed E-state index contributed by atoms with van der Waals surface area (Å²) in [6.07, 6.45) is 8.23. The zero-order valence-electron chi connectivity index (χ0n) is 21.1. The summed E-state index contributed by atoms with van der Waals surface area (Å²) in [5.74, 6) is 3.10. The van der Waals surface area contributed by atoms with E-state index in [0.717, 1.165) is 34.0 Å². The van der Waals surface area contributed by atoms with E-state index in [1.165, 1.54) is 0 Å². The molecule has 0 aliphatic heterocycles. The Morgan fingerprint density at radius 3 is 1.33 bits per heavy atom. The van der Waals surface area contributed by atoms with Gasteiger partial charge in [0.15, 0.2) is 24.8 Å². The van der Waals surface area contributed by atoms with Crippen LogP contribution < -0.4 is 18.6 Å². The number of pyridine rings is 2. The van der Waals surface area contributed by atoms with Crippen LogP contribution in [-0.2, 0) is 0 Å². The molecule has 6 aromatic rings. The molecule has 0 bridgehead atoms. The van der Waals surface area contributed by atoms with Gasteiger partial charge in [0.2, 0.25) is 11.4 Å². The summed E-state index contributed by atoms with van der Waals surface area (Å²) in [7, 11) is 0. The molecule has 0 aliphatic carbocycles. The maximum atomic E-state index is 9.62. The largest absolute Gasteiger partial charge is 0.508 e. The molecule has 1 N–H and O–H groups in total. The standard InChI is InChI=1S/C34H25N2O3/c37-30-5-4-8-34(25-30)39-33-15-11-29(12-16-33)36-23-19-27(20-24-36)26-17-21-35(22-18-26)28-9-13-32(14-10-28)38-31-6-2-1-3-7-31/h1-25H/q+1/p+1. The van der Waals surface area contributed by atoms with Gasteiger partial charge in [0.1, 0.15) is 28.7 Å². The molecule has 0 fully saturated rings. The number of aromatic nitrogens is 2. The van der Waals surface area contributed by atoms with E-state index < -0.39 is 0 Å². The molecule has 0 unspecified atom stereocenters. The molecule has 6 rings (SSSR count). The molecule has 2 aromatic heterocycles. The van der Waals surface area contributed by atoms with Gasteiger partial charge in [0, 0.05) is 54.6 Å². The van der Waals surface area contributed by atoms with Crippen LogP contribution in [0.1, 0.15) is 0 Å². The summed E-state index contributed by atoms with van der Waals surface area (Å²) >= 11 is 0. The molecule has 4 aromatic carbocycles. The normalized spacial score (nSPS) is 10.7. The average molecular weight is 511 g/mol. The molecular weight excluding hydrogens is 484 g/mol. The molecule has 0 radical (unpaired) electrons. The van der Waals surface area contributed by atoms with Gasteiger partial charge in [-0.15, -0.1) is 0 Å². The van der Waals surface area contributed by atoms with E-state index in [2.05, 4.69) is 45.8 Å². The third-order valence-electron chi connectivity index (χ3n) is 6.29. The Bertz CT molecular complexity index is 1670. The minimum atomic E-state index is 0.177. The zero-order valence-corrected chi connectivity index (χ0v) is 21.1. The van der Waals surface area contributed by atoms with E-state index in [0.29, 0.717) is 11.5 Å². The van der Waals surface area contributed by atoms with Crippen LogP contribution in [0.3, 0.4) is 0 Å². The number of ether oxygens (including phenoxy) is 2. The molecule has 2 heterocycles. The first-order chi connectivity index (χ1) is 19.2. The van der Waals surface area contributed by atoms with Crippen molar-refractivity contribution in [1.82, 2.24) is 0 Å². The van der Waals surface area contributed by atoms with Crippen LogP contribution in [0.5, 0.6) is 28.7 Å². The van der Waals surface area contributed by atoms with Gasteiger partial charge in [-0.2, -0.15) is 9.13 Å². The monoisotopic (exact) mass is 510 g/mol. The smallest absolute Gasteiger partial charge is 0.210 e. The molecule has 0 spiro atoms. The fourth-order valence-corrected chi connectivity index (χ4v) is 4.26. The first kappa shape index (κ1) is 23.9. The Morgan fingerprint density at radius 2 is 0.846 bits per heavy atom. The molecule has 0 saturated carbocycles. The number of hydrogen-bond acceptors (Lipinski definition) is 3. The molecule has 188 valence electrons. The van der Waals surface area contributed by atoms with E-state index in [1.54, 1.807) is 18.2 Å². The van der Waals surface area contributed by atoms with Gasteiger partial charge in [0.25, 0.3) is 0 Å². The van der Waals surface area contributed by atoms with Gasteiger partial charge < -0.3 is 14.6 Å². The minimum absolute atomic E-state index is 0.177. The van der Waals surface area contributed by atoms with Crippen molar-refractivity contribution in [2.45, 2.75) is 0 Å². The van der Waals surface area contributed by atoms with Crippen molar-refractivity contribution in [2.24, 2.45) is 0 Å². The molecule has 39 heavy (non-hydrogen) atoms. The lowest BCUT2D eigenvalue weighted by molar-refractivity contribution is -0.596. The van der Waals surface area contributed by atoms with Crippen molar-refractivity contribution in [1.29, 1.82) is 0 Å². The number of para-hydroxylation sites is 1. The Morgan fingerprint density at radius 1 is 0.410 bits per heavy atom. The lowest BCUT2D eigenvalue weighted by Crippen LogP contribution is -2.29. The van der Waals surface area contributed by atoms with Gasteiger partial charge in [-0.3, -0.25) is 0 Å². The van der Waals surface area contributed by atoms with Crippen molar-refractivity contribution < 1.29 is 23.7 Å². The summed E-state index contributed by atoms with van der Waals surface area (Å²) in [6, 6.07) is 40.8. The summed E-state index contributed by atoms with van der Waals surface area (Å²) in [6.45, 7) is 0. The topological polar surface area (TPSA) is 46.5 Å². The van der Waals surface area contributed by atoms with Gasteiger partial charge in [-0.25, -0.2) is 0 Å². The number of rotatable bonds is 7. The van der Waals surface area contributed by atoms with E-state index in [-0.39, 0.29) is 5.75 Å². The lowest BCUT2D eigenvalue weighted by Gasteiger charge is -2.06. The highest BCUT2D eigenvalue weighted by atomic mass is 16.5. The number of phenolic OH excluding ortho intramolecular Hbond substituents is 1. The molecule has 5 heteroatoms. The number of phenols is 1. The van der Waals surface area contributed by atoms with Gasteiger partial charge >= 0.3 is 0 Å². The zero-order chi connectivity index (χ0) is 26.4. The predicted molar refractivity (Wildman–Crippen MR) is 150 cm³/mol. The molecular formula is C34H26N2O3+2. The third kappa shape index (κ3) is 5.78. The Labute approximate surface area is 227 Å². The Hall–Kier alpha value is -5.42. The van der Waals surface area contributed by atoms with Crippen LogP contribution >= 0.6 is 0 Å². The number of nitrogens with zero attached hydrogens (tertiary/aromatic N) is 2. The molecule has 0 aliphatic rings. The second kappa shape index (κ2) is 10.9. The molecule has 0 atom stereocenters. The fraction of sp³-hybridized carbons (Fsp3) is 0. The summed E-state index contributed by atoms with van der Waals surface area (Å²) in [5, 5.41) is 9.62. The lowest BCUT2D eigenvalue weighted by atomic mass is 10.1. The van der Waals surface area contributed by atoms with E-state index in [9.17, 15) is 5.11 Å². The van der Waals surface area contributed by atoms with Crippen molar-refractivity contribution in [3.8, 4) is 51.2 Å². The van der Waals surface area contributed by atoms with Crippen LogP contribution in [0.4, 0.5) is 0 Å². The van der Waals surface area contributed by atoms with Crippen LogP contribution in [0.15, 0.2) is 152 Å².